The Morgan fingerprint density at radius 2 is 2.12 bits per heavy atom. The van der Waals surface area contributed by atoms with E-state index in [0.717, 1.165) is 0 Å². The van der Waals surface area contributed by atoms with E-state index in [0.29, 0.717) is 35.0 Å². The summed E-state index contributed by atoms with van der Waals surface area (Å²) in [6.45, 7) is 2.23. The molecule has 94 valence electrons. The van der Waals surface area contributed by atoms with Gasteiger partial charge in [-0.15, -0.1) is 0 Å². The lowest BCUT2D eigenvalue weighted by molar-refractivity contribution is 0.0706. The molecule has 0 amide bonds. The molecule has 0 spiro atoms. The largest absolute Gasteiger partial charge is 0.493 e. The number of methoxy groups -OCH3 is 2. The Hall–Kier alpha value is -1.26. The van der Waals surface area contributed by atoms with Gasteiger partial charge >= 0.3 is 0 Å². The van der Waals surface area contributed by atoms with Gasteiger partial charge in [-0.25, -0.2) is 0 Å². The van der Waals surface area contributed by atoms with E-state index in [9.17, 15) is 4.79 Å². The number of benzene rings is 1. The van der Waals surface area contributed by atoms with E-state index in [4.69, 9.17) is 25.8 Å². The van der Waals surface area contributed by atoms with Crippen LogP contribution in [0.2, 0.25) is 5.02 Å². The van der Waals surface area contributed by atoms with Gasteiger partial charge in [0.1, 0.15) is 12.9 Å². The number of rotatable bonds is 6. The smallest absolute Gasteiger partial charge is 0.179 e. The van der Waals surface area contributed by atoms with Crippen LogP contribution in [0.3, 0.4) is 0 Å². The van der Waals surface area contributed by atoms with E-state index in [1.807, 2.05) is 6.92 Å². The van der Waals surface area contributed by atoms with E-state index in [2.05, 4.69) is 0 Å². The van der Waals surface area contributed by atoms with Crippen molar-refractivity contribution in [3.05, 3.63) is 22.7 Å². The molecule has 0 radical (unpaired) electrons. The van der Waals surface area contributed by atoms with Crippen LogP contribution in [0.25, 0.3) is 0 Å². The summed E-state index contributed by atoms with van der Waals surface area (Å²) in [4.78, 5) is 10.7. The van der Waals surface area contributed by atoms with Crippen molar-refractivity contribution < 1.29 is 19.0 Å². The normalized spacial score (nSPS) is 12.0. The lowest BCUT2D eigenvalue weighted by atomic mass is 10.2. The van der Waals surface area contributed by atoms with E-state index in [-0.39, 0.29) is 6.10 Å². The predicted molar refractivity (Wildman–Crippen MR) is 65.4 cm³/mol. The summed E-state index contributed by atoms with van der Waals surface area (Å²) in [5.41, 5.74) is 0.444. The highest BCUT2D eigenvalue weighted by molar-refractivity contribution is 6.32. The molecule has 0 N–H and O–H groups in total. The number of hydrogen-bond donors (Lipinski definition) is 0. The summed E-state index contributed by atoms with van der Waals surface area (Å²) >= 11 is 6.01. The second kappa shape index (κ2) is 6.47. The second-order valence-electron chi connectivity index (χ2n) is 3.51. The standard InChI is InChI=1S/C12H15ClO4/c1-8(15-2)7-17-12-10(13)4-9(6-14)5-11(12)16-3/h4-6,8H,7H2,1-3H3. The monoisotopic (exact) mass is 258 g/mol. The highest BCUT2D eigenvalue weighted by Crippen LogP contribution is 2.36. The van der Waals surface area contributed by atoms with E-state index >= 15 is 0 Å². The molecule has 1 aromatic carbocycles. The Kier molecular flexibility index (Phi) is 5.25. The van der Waals surface area contributed by atoms with Crippen LogP contribution < -0.4 is 9.47 Å². The zero-order valence-corrected chi connectivity index (χ0v) is 10.8. The first-order chi connectivity index (χ1) is 8.12. The van der Waals surface area contributed by atoms with Gasteiger partial charge < -0.3 is 14.2 Å². The third kappa shape index (κ3) is 3.61. The molecule has 0 saturated heterocycles. The van der Waals surface area contributed by atoms with Crippen molar-refractivity contribution in [2.45, 2.75) is 13.0 Å². The lowest BCUT2D eigenvalue weighted by Crippen LogP contribution is -2.16. The van der Waals surface area contributed by atoms with Gasteiger partial charge in [0.15, 0.2) is 11.5 Å². The number of halogens is 1. The minimum atomic E-state index is -0.0541. The average molecular weight is 259 g/mol. The molecule has 0 aliphatic heterocycles. The fraction of sp³-hybridized carbons (Fsp3) is 0.417. The molecule has 0 bridgehead atoms. The van der Waals surface area contributed by atoms with Crippen molar-refractivity contribution in [1.82, 2.24) is 0 Å². The Balaban J connectivity index is 2.93. The van der Waals surface area contributed by atoms with Crippen LogP contribution in [-0.4, -0.2) is 33.2 Å². The summed E-state index contributed by atoms with van der Waals surface area (Å²) in [6.07, 6.45) is 0.650. The summed E-state index contributed by atoms with van der Waals surface area (Å²) < 4.78 is 15.7. The molecule has 4 nitrogen and oxygen atoms in total. The Labute approximate surface area is 105 Å². The van der Waals surface area contributed by atoms with Gasteiger partial charge in [-0.3, -0.25) is 4.79 Å². The van der Waals surface area contributed by atoms with Gasteiger partial charge in [0.05, 0.1) is 18.2 Å². The number of hydrogen-bond acceptors (Lipinski definition) is 4. The summed E-state index contributed by atoms with van der Waals surface area (Å²) in [6, 6.07) is 3.11. The van der Waals surface area contributed by atoms with Crippen molar-refractivity contribution in [3.63, 3.8) is 0 Å². The first-order valence-electron chi connectivity index (χ1n) is 5.10. The zero-order valence-electron chi connectivity index (χ0n) is 10.0. The molecular formula is C12H15ClO4. The molecule has 1 unspecified atom stereocenters. The predicted octanol–water partition coefficient (Wildman–Crippen LogP) is 2.57. The average Bonchev–Trinajstić information content (AvgIpc) is 2.35. The third-order valence-electron chi connectivity index (χ3n) is 2.25. The van der Waals surface area contributed by atoms with Crippen LogP contribution in [0.4, 0.5) is 0 Å². The van der Waals surface area contributed by atoms with E-state index in [1.165, 1.54) is 13.2 Å². The zero-order chi connectivity index (χ0) is 12.8. The van der Waals surface area contributed by atoms with Gasteiger partial charge in [0, 0.05) is 12.7 Å². The van der Waals surface area contributed by atoms with Crippen LogP contribution in [0.1, 0.15) is 17.3 Å². The van der Waals surface area contributed by atoms with Crippen molar-refractivity contribution in [2.24, 2.45) is 0 Å². The molecule has 1 rings (SSSR count). The Morgan fingerprint density at radius 3 is 2.65 bits per heavy atom. The molecule has 0 aliphatic carbocycles. The molecule has 0 heterocycles. The fourth-order valence-electron chi connectivity index (χ4n) is 1.22. The molecule has 1 aromatic rings. The van der Waals surface area contributed by atoms with Gasteiger partial charge in [0.2, 0.25) is 0 Å². The van der Waals surface area contributed by atoms with E-state index in [1.54, 1.807) is 13.2 Å². The molecule has 5 heteroatoms. The quantitative estimate of drug-likeness (QED) is 0.736. The minimum absolute atomic E-state index is 0.0541. The molecule has 0 saturated carbocycles. The SMILES string of the molecule is COc1cc(C=O)cc(Cl)c1OCC(C)OC. The maximum absolute atomic E-state index is 10.7. The van der Waals surface area contributed by atoms with Crippen molar-refractivity contribution >= 4 is 17.9 Å². The highest BCUT2D eigenvalue weighted by Gasteiger charge is 2.13. The highest BCUT2D eigenvalue weighted by atomic mass is 35.5. The van der Waals surface area contributed by atoms with Crippen LogP contribution in [-0.2, 0) is 4.74 Å². The summed E-state index contributed by atoms with van der Waals surface area (Å²) in [5, 5.41) is 0.342. The summed E-state index contributed by atoms with van der Waals surface area (Å²) in [5.74, 6) is 0.853. The maximum atomic E-state index is 10.7. The number of carbonyl (C=O) groups is 1. The van der Waals surface area contributed by atoms with Crippen LogP contribution >= 0.6 is 11.6 Å². The molecular weight excluding hydrogens is 244 g/mol. The molecule has 0 fully saturated rings. The molecule has 1 atom stereocenters. The van der Waals surface area contributed by atoms with Gasteiger partial charge in [-0.05, 0) is 19.1 Å². The van der Waals surface area contributed by atoms with E-state index < -0.39 is 0 Å². The molecule has 0 aliphatic rings. The molecule has 0 aromatic heterocycles. The van der Waals surface area contributed by atoms with Crippen LogP contribution in [0, 0.1) is 0 Å². The fourth-order valence-corrected chi connectivity index (χ4v) is 1.49. The lowest BCUT2D eigenvalue weighted by Gasteiger charge is -2.15. The van der Waals surface area contributed by atoms with Crippen molar-refractivity contribution in [2.75, 3.05) is 20.8 Å². The van der Waals surface area contributed by atoms with Crippen molar-refractivity contribution in [1.29, 1.82) is 0 Å². The van der Waals surface area contributed by atoms with Crippen LogP contribution in [0.5, 0.6) is 11.5 Å². The first-order valence-corrected chi connectivity index (χ1v) is 5.48. The van der Waals surface area contributed by atoms with Crippen LogP contribution in [0.15, 0.2) is 12.1 Å². The Bertz CT molecular complexity index is 392. The molecule has 17 heavy (non-hydrogen) atoms. The maximum Gasteiger partial charge on any atom is 0.179 e. The minimum Gasteiger partial charge on any atom is -0.493 e. The van der Waals surface area contributed by atoms with Crippen molar-refractivity contribution in [3.8, 4) is 11.5 Å². The van der Waals surface area contributed by atoms with Gasteiger partial charge in [-0.2, -0.15) is 0 Å². The Morgan fingerprint density at radius 1 is 1.41 bits per heavy atom. The third-order valence-corrected chi connectivity index (χ3v) is 2.53. The number of aldehydes is 1. The van der Waals surface area contributed by atoms with Gasteiger partial charge in [0.25, 0.3) is 0 Å². The number of carbonyl (C=O) groups excluding carboxylic acids is 1. The second-order valence-corrected chi connectivity index (χ2v) is 3.92. The number of ether oxygens (including phenoxy) is 3. The topological polar surface area (TPSA) is 44.8 Å². The first kappa shape index (κ1) is 13.8. The van der Waals surface area contributed by atoms with Gasteiger partial charge in [-0.1, -0.05) is 11.6 Å². The summed E-state index contributed by atoms with van der Waals surface area (Å²) in [7, 11) is 3.09.